The van der Waals surface area contributed by atoms with Crippen LogP contribution in [0.25, 0.3) is 11.4 Å². The van der Waals surface area contributed by atoms with E-state index < -0.39 is 0 Å². The lowest BCUT2D eigenvalue weighted by molar-refractivity contribution is 0.619. The van der Waals surface area contributed by atoms with Gasteiger partial charge in [-0.2, -0.15) is 5.10 Å². The molecular weight excluding hydrogens is 352 g/mol. The minimum Gasteiger partial charge on any atom is -0.394 e. The minimum atomic E-state index is 0.755. The fourth-order valence-electron chi connectivity index (χ4n) is 3.64. The smallest absolute Gasteiger partial charge is 0.161 e. The summed E-state index contributed by atoms with van der Waals surface area (Å²) in [6.45, 7) is 7.56. The van der Waals surface area contributed by atoms with Gasteiger partial charge in [0.05, 0.1) is 11.4 Å². The summed E-state index contributed by atoms with van der Waals surface area (Å²) < 4.78 is 1.88. The van der Waals surface area contributed by atoms with Crippen molar-refractivity contribution in [2.24, 2.45) is 7.05 Å². The van der Waals surface area contributed by atoms with Crippen molar-refractivity contribution in [3.8, 4) is 11.4 Å². The van der Waals surface area contributed by atoms with Crippen LogP contribution in [-0.4, -0.2) is 50.9 Å². The van der Waals surface area contributed by atoms with Gasteiger partial charge in [0.1, 0.15) is 5.82 Å². The number of hydrogen-bond donors (Lipinski definition) is 1. The Morgan fingerprint density at radius 2 is 1.71 bits per heavy atom. The molecule has 0 radical (unpaired) electrons. The number of nitrogens with zero attached hydrogens (tertiary/aromatic N) is 7. The SMILES string of the molecule is CCc1cc(N2CCN(c3c(N)c(C)nn3C)CC2)nc(-c2ccncc2)n1. The van der Waals surface area contributed by atoms with E-state index in [9.17, 15) is 0 Å². The van der Waals surface area contributed by atoms with Crippen LogP contribution in [0.2, 0.25) is 0 Å². The second kappa shape index (κ2) is 7.46. The van der Waals surface area contributed by atoms with Crippen LogP contribution >= 0.6 is 0 Å². The van der Waals surface area contributed by atoms with Gasteiger partial charge >= 0.3 is 0 Å². The second-order valence-corrected chi connectivity index (χ2v) is 7.05. The average Bonchev–Trinajstić information content (AvgIpc) is 3.00. The molecule has 4 rings (SSSR count). The van der Waals surface area contributed by atoms with Crippen molar-refractivity contribution in [2.45, 2.75) is 20.3 Å². The number of piperazine rings is 1. The van der Waals surface area contributed by atoms with Crippen LogP contribution in [0.5, 0.6) is 0 Å². The van der Waals surface area contributed by atoms with Crippen LogP contribution in [0, 0.1) is 6.92 Å². The fourth-order valence-corrected chi connectivity index (χ4v) is 3.64. The third-order valence-corrected chi connectivity index (χ3v) is 5.21. The van der Waals surface area contributed by atoms with Crippen molar-refractivity contribution >= 4 is 17.3 Å². The molecule has 3 aromatic rings. The van der Waals surface area contributed by atoms with Gasteiger partial charge < -0.3 is 15.5 Å². The number of nitrogens with two attached hydrogens (primary N) is 1. The first-order chi connectivity index (χ1) is 13.6. The van der Waals surface area contributed by atoms with Gasteiger partial charge in [-0.25, -0.2) is 9.97 Å². The standard InChI is InChI=1S/C20H26N8/c1-4-16-13-17(24-19(23-16)15-5-7-22-8-6-15)27-9-11-28(12-10-27)20-18(21)14(2)25-26(20)3/h5-8,13H,4,9-12,21H2,1-3H3. The van der Waals surface area contributed by atoms with Crippen LogP contribution < -0.4 is 15.5 Å². The summed E-state index contributed by atoms with van der Waals surface area (Å²) in [5.74, 6) is 2.74. The zero-order chi connectivity index (χ0) is 19.7. The second-order valence-electron chi connectivity index (χ2n) is 7.05. The molecule has 28 heavy (non-hydrogen) atoms. The van der Waals surface area contributed by atoms with E-state index in [1.54, 1.807) is 12.4 Å². The Labute approximate surface area is 165 Å². The normalized spacial score (nSPS) is 14.5. The monoisotopic (exact) mass is 378 g/mol. The van der Waals surface area contributed by atoms with Gasteiger partial charge in [-0.3, -0.25) is 9.67 Å². The first kappa shape index (κ1) is 18.2. The molecule has 1 fully saturated rings. The Kier molecular flexibility index (Phi) is 4.85. The highest BCUT2D eigenvalue weighted by atomic mass is 15.4. The molecule has 3 aromatic heterocycles. The highest BCUT2D eigenvalue weighted by Gasteiger charge is 2.24. The van der Waals surface area contributed by atoms with E-state index in [1.807, 2.05) is 30.8 Å². The molecule has 8 nitrogen and oxygen atoms in total. The molecule has 0 bridgehead atoms. The van der Waals surface area contributed by atoms with E-state index in [1.165, 1.54) is 0 Å². The van der Waals surface area contributed by atoms with Gasteiger partial charge in [0.25, 0.3) is 0 Å². The van der Waals surface area contributed by atoms with Crippen molar-refractivity contribution in [2.75, 3.05) is 41.7 Å². The van der Waals surface area contributed by atoms with Crippen molar-refractivity contribution in [3.63, 3.8) is 0 Å². The summed E-state index contributed by atoms with van der Waals surface area (Å²) in [5.41, 5.74) is 9.92. The maximum Gasteiger partial charge on any atom is 0.161 e. The Morgan fingerprint density at radius 3 is 2.32 bits per heavy atom. The van der Waals surface area contributed by atoms with Gasteiger partial charge in [0, 0.05) is 62.9 Å². The van der Waals surface area contributed by atoms with E-state index in [0.717, 1.165) is 72.7 Å². The molecule has 0 atom stereocenters. The molecule has 1 aliphatic heterocycles. The Bertz CT molecular complexity index is 958. The summed E-state index contributed by atoms with van der Waals surface area (Å²) in [6, 6.07) is 6.00. The summed E-state index contributed by atoms with van der Waals surface area (Å²) >= 11 is 0. The van der Waals surface area contributed by atoms with E-state index in [2.05, 4.69) is 32.9 Å². The van der Waals surface area contributed by atoms with Crippen LogP contribution in [-0.2, 0) is 13.5 Å². The molecule has 1 saturated heterocycles. The van der Waals surface area contributed by atoms with Gasteiger partial charge in [0.15, 0.2) is 11.6 Å². The summed E-state index contributed by atoms with van der Waals surface area (Å²) in [7, 11) is 1.95. The molecule has 4 heterocycles. The van der Waals surface area contributed by atoms with Crippen molar-refractivity contribution in [3.05, 3.63) is 42.0 Å². The van der Waals surface area contributed by atoms with E-state index in [4.69, 9.17) is 15.7 Å². The highest BCUT2D eigenvalue weighted by molar-refractivity contribution is 5.67. The molecule has 8 heteroatoms. The largest absolute Gasteiger partial charge is 0.394 e. The number of aromatic nitrogens is 5. The van der Waals surface area contributed by atoms with Gasteiger partial charge in [-0.15, -0.1) is 0 Å². The maximum absolute atomic E-state index is 6.24. The third-order valence-electron chi connectivity index (χ3n) is 5.21. The maximum atomic E-state index is 6.24. The van der Waals surface area contributed by atoms with E-state index in [-0.39, 0.29) is 0 Å². The summed E-state index contributed by atoms with van der Waals surface area (Å²) in [5, 5.41) is 4.44. The fraction of sp³-hybridized carbons (Fsp3) is 0.400. The predicted molar refractivity (Wildman–Crippen MR) is 111 cm³/mol. The molecule has 146 valence electrons. The molecule has 0 aliphatic carbocycles. The molecule has 2 N–H and O–H groups in total. The number of aryl methyl sites for hydroxylation is 3. The van der Waals surface area contributed by atoms with Crippen LogP contribution in [0.1, 0.15) is 18.3 Å². The summed E-state index contributed by atoms with van der Waals surface area (Å²) in [6.07, 6.45) is 4.42. The number of pyridine rings is 1. The molecule has 1 aliphatic rings. The van der Waals surface area contributed by atoms with Gasteiger partial charge in [0.2, 0.25) is 0 Å². The molecule has 0 spiro atoms. The molecular formula is C20H26N8. The molecule has 0 unspecified atom stereocenters. The van der Waals surface area contributed by atoms with Crippen LogP contribution in [0.4, 0.5) is 17.3 Å². The van der Waals surface area contributed by atoms with Gasteiger partial charge in [-0.1, -0.05) is 6.92 Å². The Morgan fingerprint density at radius 1 is 1.04 bits per heavy atom. The Balaban J connectivity index is 1.56. The number of nitrogen functional groups attached to an aromatic ring is 1. The van der Waals surface area contributed by atoms with Crippen LogP contribution in [0.15, 0.2) is 30.6 Å². The van der Waals surface area contributed by atoms with E-state index in [0.29, 0.717) is 0 Å². The summed E-state index contributed by atoms with van der Waals surface area (Å²) in [4.78, 5) is 18.3. The quantitative estimate of drug-likeness (QED) is 0.743. The van der Waals surface area contributed by atoms with Crippen LogP contribution in [0.3, 0.4) is 0 Å². The number of anilines is 3. The molecule has 0 aromatic carbocycles. The molecule has 0 saturated carbocycles. The number of rotatable bonds is 4. The zero-order valence-electron chi connectivity index (χ0n) is 16.6. The van der Waals surface area contributed by atoms with Crippen molar-refractivity contribution in [1.82, 2.24) is 24.7 Å². The third kappa shape index (κ3) is 3.37. The predicted octanol–water partition coefficient (Wildman–Crippen LogP) is 2.05. The lowest BCUT2D eigenvalue weighted by Crippen LogP contribution is -2.47. The first-order valence-electron chi connectivity index (χ1n) is 9.64. The Hall–Kier alpha value is -3.16. The molecule has 0 amide bonds. The first-order valence-corrected chi connectivity index (χ1v) is 9.64. The highest BCUT2D eigenvalue weighted by Crippen LogP contribution is 2.28. The van der Waals surface area contributed by atoms with E-state index >= 15 is 0 Å². The lowest BCUT2D eigenvalue weighted by atomic mass is 10.2. The lowest BCUT2D eigenvalue weighted by Gasteiger charge is -2.36. The van der Waals surface area contributed by atoms with Gasteiger partial charge in [-0.05, 0) is 25.5 Å². The van der Waals surface area contributed by atoms with Crippen molar-refractivity contribution in [1.29, 1.82) is 0 Å². The topological polar surface area (TPSA) is 89.0 Å². The zero-order valence-corrected chi connectivity index (χ0v) is 16.6. The minimum absolute atomic E-state index is 0.755. The van der Waals surface area contributed by atoms with Crippen molar-refractivity contribution < 1.29 is 0 Å². The number of hydrogen-bond acceptors (Lipinski definition) is 7. The average molecular weight is 378 g/mol.